The zero-order valence-electron chi connectivity index (χ0n) is 9.67. The van der Waals surface area contributed by atoms with E-state index in [1.165, 1.54) is 11.3 Å². The highest BCUT2D eigenvalue weighted by Crippen LogP contribution is 2.35. The molecule has 7 heteroatoms. The van der Waals surface area contributed by atoms with Crippen molar-refractivity contribution >= 4 is 70.7 Å². The molecule has 0 unspecified atom stereocenters. The van der Waals surface area contributed by atoms with Crippen molar-refractivity contribution in [2.75, 3.05) is 12.4 Å². The molecule has 100 valence electrons. The van der Waals surface area contributed by atoms with Gasteiger partial charge in [-0.15, -0.1) is 11.3 Å². The van der Waals surface area contributed by atoms with Crippen molar-refractivity contribution in [1.29, 1.82) is 0 Å². The van der Waals surface area contributed by atoms with Crippen LogP contribution >= 0.6 is 59.1 Å². The van der Waals surface area contributed by atoms with Gasteiger partial charge in [0.2, 0.25) is 0 Å². The number of rotatable bonds is 3. The van der Waals surface area contributed by atoms with Gasteiger partial charge >= 0.3 is 0 Å². The third kappa shape index (κ3) is 3.59. The van der Waals surface area contributed by atoms with E-state index in [1.807, 2.05) is 12.1 Å². The first-order valence-corrected chi connectivity index (χ1v) is 8.30. The highest BCUT2D eigenvalue weighted by Gasteiger charge is 2.13. The largest absolute Gasteiger partial charge is 0.495 e. The average molecular weight is 470 g/mol. The highest BCUT2D eigenvalue weighted by molar-refractivity contribution is 9.11. The number of nitrogens with one attached hydrogen (secondary N) is 1. The van der Waals surface area contributed by atoms with E-state index in [0.29, 0.717) is 16.3 Å². The van der Waals surface area contributed by atoms with E-state index >= 15 is 0 Å². The maximum absolute atomic E-state index is 12.1. The Morgan fingerprint density at radius 3 is 2.53 bits per heavy atom. The number of hydrogen-bond donors (Lipinski definition) is 1. The molecule has 0 fully saturated rings. The number of carbonyl (C=O) groups is 1. The lowest BCUT2D eigenvalue weighted by atomic mass is 10.3. The predicted octanol–water partition coefficient (Wildman–Crippen LogP) is 5.30. The van der Waals surface area contributed by atoms with E-state index in [0.717, 1.165) is 12.7 Å². The Balaban J connectivity index is 2.26. The van der Waals surface area contributed by atoms with Crippen molar-refractivity contribution in [3.05, 3.63) is 41.9 Å². The normalized spacial score (nSPS) is 10.3. The first-order chi connectivity index (χ1) is 9.01. The molecule has 0 atom stereocenters. The molecule has 0 aliphatic rings. The lowest BCUT2D eigenvalue weighted by Crippen LogP contribution is -2.10. The number of hydrogen-bond acceptors (Lipinski definition) is 3. The molecule has 2 rings (SSSR count). The van der Waals surface area contributed by atoms with Crippen LogP contribution in [0.4, 0.5) is 5.69 Å². The fourth-order valence-corrected chi connectivity index (χ4v) is 3.94. The molecule has 1 N–H and O–H groups in total. The summed E-state index contributed by atoms with van der Waals surface area (Å²) in [5.41, 5.74) is 0.662. The molecule has 1 amide bonds. The molecule has 0 spiro atoms. The van der Waals surface area contributed by atoms with Crippen LogP contribution in [-0.4, -0.2) is 13.0 Å². The summed E-state index contributed by atoms with van der Waals surface area (Å²) < 4.78 is 7.73. The van der Waals surface area contributed by atoms with Crippen LogP contribution in [0.15, 0.2) is 37.0 Å². The summed E-state index contributed by atoms with van der Waals surface area (Å²) >= 11 is 11.5. The number of halogens is 3. The van der Waals surface area contributed by atoms with Crippen LogP contribution in [0.5, 0.6) is 5.75 Å². The zero-order chi connectivity index (χ0) is 14.0. The number of anilines is 1. The Kier molecular flexibility index (Phi) is 5.05. The third-order valence-corrected chi connectivity index (χ3v) is 5.18. The minimum absolute atomic E-state index is 0.152. The van der Waals surface area contributed by atoms with E-state index in [-0.39, 0.29) is 5.91 Å². The summed E-state index contributed by atoms with van der Waals surface area (Å²) in [5.74, 6) is 0.506. The molecule has 3 nitrogen and oxygen atoms in total. The summed E-state index contributed by atoms with van der Waals surface area (Å²) in [6.45, 7) is 0. The summed E-state index contributed by atoms with van der Waals surface area (Å²) in [4.78, 5) is 12.7. The molecule has 0 saturated heterocycles. The number of ether oxygens (including phenoxy) is 1. The van der Waals surface area contributed by atoms with Crippen LogP contribution in [0, 0.1) is 0 Å². The molecule has 0 aliphatic heterocycles. The van der Waals surface area contributed by atoms with Gasteiger partial charge in [-0.25, -0.2) is 0 Å². The quantitative estimate of drug-likeness (QED) is 0.662. The lowest BCUT2D eigenvalue weighted by molar-refractivity contribution is 0.103. The van der Waals surface area contributed by atoms with Crippen LogP contribution in [-0.2, 0) is 0 Å². The summed E-state index contributed by atoms with van der Waals surface area (Å²) in [6.07, 6.45) is 0. The van der Waals surface area contributed by atoms with E-state index in [1.54, 1.807) is 19.2 Å². The van der Waals surface area contributed by atoms with Gasteiger partial charge in [-0.1, -0.05) is 0 Å². The smallest absolute Gasteiger partial charge is 0.265 e. The fourth-order valence-electron chi connectivity index (χ4n) is 1.40. The first-order valence-electron chi connectivity index (χ1n) is 5.11. The number of thiophene rings is 1. The second kappa shape index (κ2) is 6.39. The van der Waals surface area contributed by atoms with Crippen molar-refractivity contribution in [1.82, 2.24) is 0 Å². The molecule has 1 aromatic heterocycles. The summed E-state index contributed by atoms with van der Waals surface area (Å²) in [5, 5.41) is 2.84. The monoisotopic (exact) mass is 467 g/mol. The van der Waals surface area contributed by atoms with Crippen LogP contribution in [0.2, 0.25) is 0 Å². The molecule has 0 radical (unpaired) electrons. The SMILES string of the molecule is COc1cc(NC(=O)c2ccc(Br)s2)c(Br)cc1Br. The molecular weight excluding hydrogens is 462 g/mol. The van der Waals surface area contributed by atoms with E-state index < -0.39 is 0 Å². The highest BCUT2D eigenvalue weighted by atomic mass is 79.9. The molecule has 0 aliphatic carbocycles. The van der Waals surface area contributed by atoms with Gasteiger partial charge < -0.3 is 10.1 Å². The topological polar surface area (TPSA) is 38.3 Å². The Hall–Kier alpha value is -0.370. The van der Waals surface area contributed by atoms with Crippen LogP contribution in [0.25, 0.3) is 0 Å². The molecule has 19 heavy (non-hydrogen) atoms. The van der Waals surface area contributed by atoms with Gasteiger partial charge in [0, 0.05) is 10.5 Å². The van der Waals surface area contributed by atoms with Gasteiger partial charge in [-0.3, -0.25) is 4.79 Å². The van der Waals surface area contributed by atoms with Crippen molar-refractivity contribution < 1.29 is 9.53 Å². The Morgan fingerprint density at radius 1 is 1.21 bits per heavy atom. The maximum atomic E-state index is 12.1. The zero-order valence-corrected chi connectivity index (χ0v) is 15.2. The second-order valence-corrected chi connectivity index (χ2v) is 7.70. The predicted molar refractivity (Wildman–Crippen MR) is 88.4 cm³/mol. The maximum Gasteiger partial charge on any atom is 0.265 e. The Labute approximate surface area is 139 Å². The minimum atomic E-state index is -0.152. The molecular formula is C12H8Br3NO2S. The lowest BCUT2D eigenvalue weighted by Gasteiger charge is -2.10. The van der Waals surface area contributed by atoms with Crippen molar-refractivity contribution in [2.45, 2.75) is 0 Å². The summed E-state index contributed by atoms with van der Waals surface area (Å²) in [7, 11) is 1.58. The molecule has 1 aromatic carbocycles. The average Bonchev–Trinajstić information content (AvgIpc) is 2.79. The van der Waals surface area contributed by atoms with Crippen LogP contribution < -0.4 is 10.1 Å². The van der Waals surface area contributed by atoms with Gasteiger partial charge in [0.1, 0.15) is 5.75 Å². The van der Waals surface area contributed by atoms with Gasteiger partial charge in [0.05, 0.1) is 25.9 Å². The fraction of sp³-hybridized carbons (Fsp3) is 0.0833. The third-order valence-electron chi connectivity index (χ3n) is 2.29. The van der Waals surface area contributed by atoms with Crippen molar-refractivity contribution in [3.8, 4) is 5.75 Å². The number of benzene rings is 1. The number of carbonyl (C=O) groups excluding carboxylic acids is 1. The van der Waals surface area contributed by atoms with E-state index in [4.69, 9.17) is 4.74 Å². The second-order valence-electron chi connectivity index (χ2n) is 3.52. The standard InChI is InChI=1S/C12H8Br3NO2S/c1-18-9-5-8(6(13)4-7(9)14)16-12(17)10-2-3-11(15)19-10/h2-5H,1H3,(H,16,17). The van der Waals surface area contributed by atoms with E-state index in [9.17, 15) is 4.79 Å². The molecule has 0 saturated carbocycles. The van der Waals surface area contributed by atoms with Crippen LogP contribution in [0.1, 0.15) is 9.67 Å². The number of methoxy groups -OCH3 is 1. The van der Waals surface area contributed by atoms with E-state index in [2.05, 4.69) is 53.1 Å². The van der Waals surface area contributed by atoms with Gasteiger partial charge in [-0.2, -0.15) is 0 Å². The molecule has 2 aromatic rings. The van der Waals surface area contributed by atoms with Gasteiger partial charge in [-0.05, 0) is 66.0 Å². The van der Waals surface area contributed by atoms with Gasteiger partial charge in [0.15, 0.2) is 0 Å². The number of amides is 1. The minimum Gasteiger partial charge on any atom is -0.495 e. The Morgan fingerprint density at radius 2 is 1.95 bits per heavy atom. The van der Waals surface area contributed by atoms with Crippen molar-refractivity contribution in [3.63, 3.8) is 0 Å². The van der Waals surface area contributed by atoms with Crippen LogP contribution in [0.3, 0.4) is 0 Å². The van der Waals surface area contributed by atoms with Gasteiger partial charge in [0.25, 0.3) is 5.91 Å². The molecule has 0 bridgehead atoms. The summed E-state index contributed by atoms with van der Waals surface area (Å²) in [6, 6.07) is 7.21. The van der Waals surface area contributed by atoms with Crippen molar-refractivity contribution in [2.24, 2.45) is 0 Å². The Bertz CT molecular complexity index is 627. The molecule has 1 heterocycles. The first kappa shape index (κ1) is 15.0.